The number of carbonyl (C=O) groups is 1. The molecule has 1 aliphatic heterocycles. The van der Waals surface area contributed by atoms with E-state index >= 15 is 0 Å². The predicted molar refractivity (Wildman–Crippen MR) is 89.6 cm³/mol. The van der Waals surface area contributed by atoms with Crippen LogP contribution in [-0.2, 0) is 4.74 Å². The van der Waals surface area contributed by atoms with Crippen molar-refractivity contribution in [3.63, 3.8) is 0 Å². The standard InChI is InChI=1S/C17H20ClN3O2/c1-2-21(11-14-4-3-9-23-14)17(22)15-10-19-20-16(15)12-5-7-13(18)8-6-12/h5-8,10,14H,2-4,9,11H2,1H3,(H,19,20)/t14-/m0/s1. The summed E-state index contributed by atoms with van der Waals surface area (Å²) in [5.74, 6) is -0.0262. The molecule has 1 amide bonds. The fourth-order valence-electron chi connectivity index (χ4n) is 2.85. The lowest BCUT2D eigenvalue weighted by Gasteiger charge is -2.24. The van der Waals surface area contributed by atoms with Gasteiger partial charge in [-0.2, -0.15) is 5.10 Å². The first-order chi connectivity index (χ1) is 11.2. The number of halogens is 1. The van der Waals surface area contributed by atoms with Crippen molar-refractivity contribution in [3.05, 3.63) is 41.0 Å². The summed E-state index contributed by atoms with van der Waals surface area (Å²) in [5, 5.41) is 7.64. The van der Waals surface area contributed by atoms with Crippen LogP contribution in [-0.4, -0.2) is 46.8 Å². The van der Waals surface area contributed by atoms with Crippen molar-refractivity contribution in [2.75, 3.05) is 19.7 Å². The second-order valence-electron chi connectivity index (χ2n) is 5.64. The van der Waals surface area contributed by atoms with Crippen LogP contribution in [0.25, 0.3) is 11.3 Å². The van der Waals surface area contributed by atoms with Crippen LogP contribution < -0.4 is 0 Å². The number of nitrogens with one attached hydrogen (secondary N) is 1. The Morgan fingerprint density at radius 2 is 2.22 bits per heavy atom. The highest BCUT2D eigenvalue weighted by Gasteiger charge is 2.25. The summed E-state index contributed by atoms with van der Waals surface area (Å²) < 4.78 is 5.65. The largest absolute Gasteiger partial charge is 0.376 e. The van der Waals surface area contributed by atoms with Crippen molar-refractivity contribution in [2.24, 2.45) is 0 Å². The molecule has 0 radical (unpaired) electrons. The van der Waals surface area contributed by atoms with Gasteiger partial charge in [-0.1, -0.05) is 23.7 Å². The number of nitrogens with zero attached hydrogens (tertiary/aromatic N) is 2. The average molecular weight is 334 g/mol. The van der Waals surface area contributed by atoms with Gasteiger partial charge in [0.25, 0.3) is 5.91 Å². The van der Waals surface area contributed by atoms with Crippen molar-refractivity contribution in [3.8, 4) is 11.3 Å². The fourth-order valence-corrected chi connectivity index (χ4v) is 2.97. The number of likely N-dealkylation sites (N-methyl/N-ethyl adjacent to an activating group) is 1. The van der Waals surface area contributed by atoms with Crippen LogP contribution in [0.15, 0.2) is 30.5 Å². The Balaban J connectivity index is 1.81. The number of hydrogen-bond donors (Lipinski definition) is 1. The normalized spacial score (nSPS) is 17.4. The van der Waals surface area contributed by atoms with Gasteiger partial charge in [0.05, 0.1) is 23.6 Å². The van der Waals surface area contributed by atoms with Gasteiger partial charge in [0, 0.05) is 30.3 Å². The highest BCUT2D eigenvalue weighted by Crippen LogP contribution is 2.24. The second kappa shape index (κ2) is 7.15. The number of aromatic amines is 1. The van der Waals surface area contributed by atoms with Crippen LogP contribution in [0.5, 0.6) is 0 Å². The molecule has 2 aromatic rings. The molecule has 0 spiro atoms. The Morgan fingerprint density at radius 3 is 2.87 bits per heavy atom. The zero-order valence-electron chi connectivity index (χ0n) is 13.1. The van der Waals surface area contributed by atoms with Gasteiger partial charge in [-0.25, -0.2) is 0 Å². The molecule has 2 heterocycles. The van der Waals surface area contributed by atoms with Gasteiger partial charge < -0.3 is 9.64 Å². The van der Waals surface area contributed by atoms with Gasteiger partial charge in [-0.3, -0.25) is 9.89 Å². The minimum atomic E-state index is -0.0262. The van der Waals surface area contributed by atoms with Crippen LogP contribution in [0.4, 0.5) is 0 Å². The van der Waals surface area contributed by atoms with E-state index in [0.717, 1.165) is 30.7 Å². The molecule has 0 bridgehead atoms. The number of rotatable bonds is 5. The van der Waals surface area contributed by atoms with E-state index in [4.69, 9.17) is 16.3 Å². The molecule has 3 rings (SSSR count). The molecule has 1 aromatic carbocycles. The van der Waals surface area contributed by atoms with Crippen LogP contribution >= 0.6 is 11.6 Å². The van der Waals surface area contributed by atoms with Crippen LogP contribution in [0, 0.1) is 0 Å². The molecule has 1 N–H and O–H groups in total. The van der Waals surface area contributed by atoms with Crippen LogP contribution in [0.3, 0.4) is 0 Å². The van der Waals surface area contributed by atoms with Gasteiger partial charge in [-0.15, -0.1) is 0 Å². The van der Waals surface area contributed by atoms with Crippen LogP contribution in [0.1, 0.15) is 30.1 Å². The molecule has 1 aromatic heterocycles. The molecular weight excluding hydrogens is 314 g/mol. The van der Waals surface area contributed by atoms with Gasteiger partial charge >= 0.3 is 0 Å². The molecule has 6 heteroatoms. The number of benzene rings is 1. The molecule has 5 nitrogen and oxygen atoms in total. The molecule has 1 saturated heterocycles. The van der Waals surface area contributed by atoms with E-state index in [9.17, 15) is 4.79 Å². The molecule has 0 unspecified atom stereocenters. The second-order valence-corrected chi connectivity index (χ2v) is 6.08. The number of ether oxygens (including phenoxy) is 1. The number of H-pyrrole nitrogens is 1. The Bertz CT molecular complexity index is 663. The number of hydrogen-bond acceptors (Lipinski definition) is 3. The summed E-state index contributed by atoms with van der Waals surface area (Å²) in [6.45, 7) is 4.04. The highest BCUT2D eigenvalue weighted by molar-refractivity contribution is 6.30. The topological polar surface area (TPSA) is 58.2 Å². The maximum Gasteiger partial charge on any atom is 0.257 e. The van der Waals surface area contributed by atoms with E-state index in [1.54, 1.807) is 18.3 Å². The number of carbonyl (C=O) groups excluding carboxylic acids is 1. The number of amides is 1. The zero-order valence-corrected chi connectivity index (χ0v) is 13.8. The van der Waals surface area contributed by atoms with E-state index in [-0.39, 0.29) is 12.0 Å². The van der Waals surface area contributed by atoms with Gasteiger partial charge in [0.1, 0.15) is 0 Å². The Labute approximate surface area is 140 Å². The quantitative estimate of drug-likeness (QED) is 0.912. The third kappa shape index (κ3) is 3.57. The number of aromatic nitrogens is 2. The van der Waals surface area contributed by atoms with Gasteiger partial charge in [0.2, 0.25) is 0 Å². The maximum absolute atomic E-state index is 12.9. The predicted octanol–water partition coefficient (Wildman–Crippen LogP) is 3.37. The van der Waals surface area contributed by atoms with Crippen molar-refractivity contribution >= 4 is 17.5 Å². The van der Waals surface area contributed by atoms with Crippen LogP contribution in [0.2, 0.25) is 5.02 Å². The molecule has 0 saturated carbocycles. The first kappa shape index (κ1) is 16.0. The first-order valence-electron chi connectivity index (χ1n) is 7.89. The van der Waals surface area contributed by atoms with Gasteiger partial charge in [0.15, 0.2) is 0 Å². The smallest absolute Gasteiger partial charge is 0.257 e. The van der Waals surface area contributed by atoms with Gasteiger partial charge in [-0.05, 0) is 31.9 Å². The van der Waals surface area contributed by atoms with Crippen molar-refractivity contribution in [1.29, 1.82) is 0 Å². The summed E-state index contributed by atoms with van der Waals surface area (Å²) in [6.07, 6.45) is 3.81. The summed E-state index contributed by atoms with van der Waals surface area (Å²) >= 11 is 5.93. The highest BCUT2D eigenvalue weighted by atomic mass is 35.5. The Kier molecular flexibility index (Phi) is 4.98. The molecule has 122 valence electrons. The molecule has 23 heavy (non-hydrogen) atoms. The SMILES string of the molecule is CCN(C[C@@H]1CCCO1)C(=O)c1cn[nH]c1-c1ccc(Cl)cc1. The molecule has 1 fully saturated rings. The summed E-state index contributed by atoms with van der Waals surface area (Å²) in [4.78, 5) is 14.7. The third-order valence-electron chi connectivity index (χ3n) is 4.12. The lowest BCUT2D eigenvalue weighted by atomic mass is 10.1. The molecule has 0 aliphatic carbocycles. The summed E-state index contributed by atoms with van der Waals surface area (Å²) in [6, 6.07) is 7.36. The fraction of sp³-hybridized carbons (Fsp3) is 0.412. The lowest BCUT2D eigenvalue weighted by molar-refractivity contribution is 0.0540. The van der Waals surface area contributed by atoms with E-state index < -0.39 is 0 Å². The van der Waals surface area contributed by atoms with E-state index in [2.05, 4.69) is 10.2 Å². The van der Waals surface area contributed by atoms with E-state index in [0.29, 0.717) is 23.7 Å². The minimum Gasteiger partial charge on any atom is -0.376 e. The maximum atomic E-state index is 12.9. The molecule has 1 atom stereocenters. The lowest BCUT2D eigenvalue weighted by Crippen LogP contribution is -2.37. The Morgan fingerprint density at radius 1 is 1.43 bits per heavy atom. The average Bonchev–Trinajstić information content (AvgIpc) is 3.24. The molecular formula is C17H20ClN3O2. The van der Waals surface area contributed by atoms with Crippen molar-refractivity contribution in [2.45, 2.75) is 25.9 Å². The zero-order chi connectivity index (χ0) is 16.2. The van der Waals surface area contributed by atoms with Crippen molar-refractivity contribution in [1.82, 2.24) is 15.1 Å². The molecule has 1 aliphatic rings. The van der Waals surface area contributed by atoms with E-state index in [1.165, 1.54) is 0 Å². The van der Waals surface area contributed by atoms with E-state index in [1.807, 2.05) is 24.0 Å². The summed E-state index contributed by atoms with van der Waals surface area (Å²) in [7, 11) is 0. The monoisotopic (exact) mass is 333 g/mol. The summed E-state index contributed by atoms with van der Waals surface area (Å²) in [5.41, 5.74) is 2.19. The minimum absolute atomic E-state index is 0.0262. The third-order valence-corrected chi connectivity index (χ3v) is 4.37. The van der Waals surface area contributed by atoms with Crippen molar-refractivity contribution < 1.29 is 9.53 Å². The first-order valence-corrected chi connectivity index (χ1v) is 8.27. The Hall–Kier alpha value is -1.85.